The highest BCUT2D eigenvalue weighted by molar-refractivity contribution is 7.98. The molecule has 118 valence electrons. The van der Waals surface area contributed by atoms with Crippen molar-refractivity contribution in [2.24, 2.45) is 11.7 Å². The number of carbonyl (C=O) groups is 1. The predicted octanol–water partition coefficient (Wildman–Crippen LogP) is 2.58. The van der Waals surface area contributed by atoms with Crippen molar-refractivity contribution in [3.05, 3.63) is 35.9 Å². The van der Waals surface area contributed by atoms with Crippen LogP contribution in [0.15, 0.2) is 30.3 Å². The van der Waals surface area contributed by atoms with Crippen molar-refractivity contribution < 1.29 is 4.79 Å². The molecule has 3 nitrogen and oxygen atoms in total. The Morgan fingerprint density at radius 1 is 1.43 bits per heavy atom. The Morgan fingerprint density at radius 2 is 2.14 bits per heavy atom. The van der Waals surface area contributed by atoms with Gasteiger partial charge in [0.25, 0.3) is 0 Å². The molecule has 0 aromatic heterocycles. The third kappa shape index (κ3) is 5.53. The van der Waals surface area contributed by atoms with Gasteiger partial charge in [-0.25, -0.2) is 0 Å². The molecule has 1 unspecified atom stereocenters. The van der Waals surface area contributed by atoms with E-state index in [1.165, 1.54) is 5.56 Å². The normalized spacial score (nSPS) is 19.1. The quantitative estimate of drug-likeness (QED) is 0.873. The van der Waals surface area contributed by atoms with Crippen LogP contribution >= 0.6 is 24.2 Å². The minimum absolute atomic E-state index is 0. The first-order valence-corrected chi connectivity index (χ1v) is 8.67. The first-order chi connectivity index (χ1) is 9.70. The second-order valence-corrected chi connectivity index (χ2v) is 6.50. The topological polar surface area (TPSA) is 46.3 Å². The average Bonchev–Trinajstić information content (AvgIpc) is 2.93. The summed E-state index contributed by atoms with van der Waals surface area (Å²) in [7, 11) is 0. The number of amides is 1. The summed E-state index contributed by atoms with van der Waals surface area (Å²) in [4.78, 5) is 14.2. The smallest absolute Gasteiger partial charge is 0.239 e. The first kappa shape index (κ1) is 18.3. The number of nitrogens with zero attached hydrogens (tertiary/aromatic N) is 1. The molecule has 1 aliphatic heterocycles. The number of rotatable bonds is 6. The monoisotopic (exact) mass is 328 g/mol. The fourth-order valence-electron chi connectivity index (χ4n) is 2.75. The fraction of sp³-hybridized carbons (Fsp3) is 0.562. The highest BCUT2D eigenvalue weighted by Gasteiger charge is 2.28. The standard InChI is InChI=1S/C16H24N2OS.ClH/c1-20-10-8-15(17)16(19)18-9-7-14(12-18)11-13-5-3-2-4-6-13;/h2-6,14-15H,7-12,17H2,1H3;1H/t14?,15-;/m0./s1. The van der Waals surface area contributed by atoms with Gasteiger partial charge in [-0.05, 0) is 42.8 Å². The van der Waals surface area contributed by atoms with Gasteiger partial charge in [0.15, 0.2) is 0 Å². The molecular weight excluding hydrogens is 304 g/mol. The van der Waals surface area contributed by atoms with Crippen LogP contribution < -0.4 is 5.73 Å². The molecule has 1 aliphatic rings. The summed E-state index contributed by atoms with van der Waals surface area (Å²) in [6, 6.07) is 10.2. The number of hydrogen-bond donors (Lipinski definition) is 1. The summed E-state index contributed by atoms with van der Waals surface area (Å²) in [6.07, 6.45) is 4.98. The van der Waals surface area contributed by atoms with Crippen LogP contribution in [0.1, 0.15) is 18.4 Å². The van der Waals surface area contributed by atoms with Gasteiger partial charge < -0.3 is 10.6 Å². The van der Waals surface area contributed by atoms with Crippen LogP contribution in [0.2, 0.25) is 0 Å². The van der Waals surface area contributed by atoms with E-state index in [2.05, 4.69) is 24.3 Å². The molecule has 5 heteroatoms. The number of halogens is 1. The van der Waals surface area contributed by atoms with E-state index in [4.69, 9.17) is 5.73 Å². The van der Waals surface area contributed by atoms with Gasteiger partial charge in [0.1, 0.15) is 0 Å². The van der Waals surface area contributed by atoms with Gasteiger partial charge in [-0.15, -0.1) is 12.4 Å². The van der Waals surface area contributed by atoms with Crippen LogP contribution in [-0.4, -0.2) is 41.9 Å². The van der Waals surface area contributed by atoms with Crippen LogP contribution in [0.4, 0.5) is 0 Å². The summed E-state index contributed by atoms with van der Waals surface area (Å²) in [6.45, 7) is 1.73. The second kappa shape index (κ2) is 9.34. The second-order valence-electron chi connectivity index (χ2n) is 5.52. The summed E-state index contributed by atoms with van der Waals surface area (Å²) >= 11 is 1.74. The molecule has 21 heavy (non-hydrogen) atoms. The van der Waals surface area contributed by atoms with Crippen molar-refractivity contribution in [3.8, 4) is 0 Å². The van der Waals surface area contributed by atoms with Crippen LogP contribution in [-0.2, 0) is 11.2 Å². The number of carbonyl (C=O) groups excluding carboxylic acids is 1. The Labute approximate surface area is 138 Å². The van der Waals surface area contributed by atoms with E-state index in [0.717, 1.165) is 38.1 Å². The molecule has 1 amide bonds. The van der Waals surface area contributed by atoms with E-state index >= 15 is 0 Å². The Morgan fingerprint density at radius 3 is 2.81 bits per heavy atom. The molecule has 0 spiro atoms. The lowest BCUT2D eigenvalue weighted by Crippen LogP contribution is -2.43. The van der Waals surface area contributed by atoms with E-state index in [1.807, 2.05) is 17.2 Å². The molecular formula is C16H25ClN2OS. The maximum Gasteiger partial charge on any atom is 0.239 e. The molecule has 0 radical (unpaired) electrons. The molecule has 1 aromatic rings. The number of likely N-dealkylation sites (tertiary alicyclic amines) is 1. The van der Waals surface area contributed by atoms with Crippen molar-refractivity contribution in [1.29, 1.82) is 0 Å². The Bertz CT molecular complexity index is 430. The zero-order chi connectivity index (χ0) is 14.4. The Balaban J connectivity index is 0.00000220. The molecule has 2 N–H and O–H groups in total. The Kier molecular flexibility index (Phi) is 8.15. The van der Waals surface area contributed by atoms with Crippen LogP contribution in [0.3, 0.4) is 0 Å². The van der Waals surface area contributed by atoms with Gasteiger partial charge >= 0.3 is 0 Å². The zero-order valence-electron chi connectivity index (χ0n) is 12.5. The van der Waals surface area contributed by atoms with Gasteiger partial charge in [-0.1, -0.05) is 30.3 Å². The van der Waals surface area contributed by atoms with E-state index in [1.54, 1.807) is 11.8 Å². The molecule has 1 aromatic carbocycles. The lowest BCUT2D eigenvalue weighted by Gasteiger charge is -2.20. The van der Waals surface area contributed by atoms with E-state index in [-0.39, 0.29) is 24.4 Å². The molecule has 1 heterocycles. The molecule has 1 fully saturated rings. The third-order valence-corrected chi connectivity index (χ3v) is 4.56. The molecule has 2 atom stereocenters. The maximum absolute atomic E-state index is 12.2. The molecule has 1 saturated heterocycles. The number of hydrogen-bond acceptors (Lipinski definition) is 3. The van der Waals surface area contributed by atoms with Crippen LogP contribution in [0.25, 0.3) is 0 Å². The van der Waals surface area contributed by atoms with Crippen molar-refractivity contribution in [2.75, 3.05) is 25.1 Å². The first-order valence-electron chi connectivity index (χ1n) is 7.28. The van der Waals surface area contributed by atoms with Gasteiger partial charge in [-0.2, -0.15) is 11.8 Å². The SMILES string of the molecule is CSCC[C@H](N)C(=O)N1CCC(Cc2ccccc2)C1.Cl. The highest BCUT2D eigenvalue weighted by Crippen LogP contribution is 2.21. The van der Waals surface area contributed by atoms with Gasteiger partial charge in [0.05, 0.1) is 6.04 Å². The minimum atomic E-state index is -0.321. The van der Waals surface area contributed by atoms with E-state index < -0.39 is 0 Å². The van der Waals surface area contributed by atoms with Gasteiger partial charge in [0.2, 0.25) is 5.91 Å². The zero-order valence-corrected chi connectivity index (χ0v) is 14.2. The molecule has 0 saturated carbocycles. The van der Waals surface area contributed by atoms with Crippen molar-refractivity contribution in [1.82, 2.24) is 4.90 Å². The predicted molar refractivity (Wildman–Crippen MR) is 93.1 cm³/mol. The van der Waals surface area contributed by atoms with Crippen molar-refractivity contribution in [3.63, 3.8) is 0 Å². The summed E-state index contributed by atoms with van der Waals surface area (Å²) in [5.41, 5.74) is 7.34. The van der Waals surface area contributed by atoms with Gasteiger partial charge in [-0.3, -0.25) is 4.79 Å². The third-order valence-electron chi connectivity index (χ3n) is 3.91. The van der Waals surface area contributed by atoms with Gasteiger partial charge in [0, 0.05) is 13.1 Å². The van der Waals surface area contributed by atoms with Crippen molar-refractivity contribution >= 4 is 30.1 Å². The number of nitrogens with two attached hydrogens (primary N) is 1. The maximum atomic E-state index is 12.2. The molecule has 2 rings (SSSR count). The largest absolute Gasteiger partial charge is 0.341 e. The molecule has 0 aliphatic carbocycles. The lowest BCUT2D eigenvalue weighted by molar-refractivity contribution is -0.131. The number of benzene rings is 1. The van der Waals surface area contributed by atoms with Crippen LogP contribution in [0, 0.1) is 5.92 Å². The average molecular weight is 329 g/mol. The summed E-state index contributed by atoms with van der Waals surface area (Å²) < 4.78 is 0. The van der Waals surface area contributed by atoms with E-state index in [0.29, 0.717) is 5.92 Å². The van der Waals surface area contributed by atoms with Crippen molar-refractivity contribution in [2.45, 2.75) is 25.3 Å². The Hall–Kier alpha value is -0.710. The van der Waals surface area contributed by atoms with E-state index in [9.17, 15) is 4.79 Å². The molecule has 0 bridgehead atoms. The number of thioether (sulfide) groups is 1. The summed E-state index contributed by atoms with van der Waals surface area (Å²) in [5.74, 6) is 1.66. The minimum Gasteiger partial charge on any atom is -0.341 e. The summed E-state index contributed by atoms with van der Waals surface area (Å²) in [5, 5.41) is 0. The fourth-order valence-corrected chi connectivity index (χ4v) is 3.24. The highest BCUT2D eigenvalue weighted by atomic mass is 35.5. The lowest BCUT2D eigenvalue weighted by atomic mass is 9.99. The van der Waals surface area contributed by atoms with Crippen LogP contribution in [0.5, 0.6) is 0 Å².